The maximum atomic E-state index is 12.1. The highest BCUT2D eigenvalue weighted by Gasteiger charge is 2.24. The van der Waals surface area contributed by atoms with Crippen molar-refractivity contribution < 1.29 is 14.4 Å². The van der Waals surface area contributed by atoms with Crippen LogP contribution >= 0.6 is 0 Å². The molecule has 1 aliphatic rings. The summed E-state index contributed by atoms with van der Waals surface area (Å²) < 4.78 is 0. The van der Waals surface area contributed by atoms with Gasteiger partial charge in [-0.1, -0.05) is 19.3 Å². The van der Waals surface area contributed by atoms with Gasteiger partial charge in [0.2, 0.25) is 11.8 Å². The first-order valence-electron chi connectivity index (χ1n) is 8.12. The largest absolute Gasteiger partial charge is 0.372 e. The second-order valence-corrected chi connectivity index (χ2v) is 6.16. The van der Waals surface area contributed by atoms with Gasteiger partial charge in [0.05, 0.1) is 0 Å². The molecule has 1 aliphatic carbocycles. The lowest BCUT2D eigenvalue weighted by Gasteiger charge is -2.33. The average molecular weight is 332 g/mol. The van der Waals surface area contributed by atoms with E-state index < -0.39 is 23.8 Å². The van der Waals surface area contributed by atoms with E-state index >= 15 is 0 Å². The third kappa shape index (κ3) is 4.24. The molecular formula is C17H24N4O3. The molecule has 1 saturated carbocycles. The van der Waals surface area contributed by atoms with E-state index in [0.29, 0.717) is 11.6 Å². The van der Waals surface area contributed by atoms with Gasteiger partial charge >= 0.3 is 0 Å². The van der Waals surface area contributed by atoms with Crippen molar-refractivity contribution in [2.45, 2.75) is 44.2 Å². The summed E-state index contributed by atoms with van der Waals surface area (Å²) in [5, 5.41) is 2.24. The number of hydrogen-bond acceptors (Lipinski definition) is 4. The fourth-order valence-corrected chi connectivity index (χ4v) is 3.02. The molecule has 3 amide bonds. The Morgan fingerprint density at radius 1 is 1.04 bits per heavy atom. The number of anilines is 1. The Morgan fingerprint density at radius 3 is 2.08 bits per heavy atom. The van der Waals surface area contributed by atoms with Gasteiger partial charge in [0, 0.05) is 24.3 Å². The molecule has 1 aromatic carbocycles. The van der Waals surface area contributed by atoms with Gasteiger partial charge in [-0.2, -0.15) is 0 Å². The number of benzene rings is 1. The minimum atomic E-state index is -1.51. The normalized spacial score (nSPS) is 15.1. The highest BCUT2D eigenvalue weighted by Crippen LogP contribution is 2.26. The molecule has 1 fully saturated rings. The van der Waals surface area contributed by atoms with Crippen LogP contribution in [0, 0.1) is 0 Å². The molecule has 0 aliphatic heterocycles. The first-order chi connectivity index (χ1) is 11.4. The third-order valence-electron chi connectivity index (χ3n) is 4.50. The van der Waals surface area contributed by atoms with E-state index in [0.717, 1.165) is 5.69 Å². The number of primary amides is 2. The van der Waals surface area contributed by atoms with Crippen LogP contribution in [0.1, 0.15) is 42.5 Å². The first-order valence-corrected chi connectivity index (χ1v) is 8.12. The van der Waals surface area contributed by atoms with Crippen LogP contribution in [0.4, 0.5) is 5.69 Å². The molecule has 5 N–H and O–H groups in total. The van der Waals surface area contributed by atoms with Crippen LogP contribution in [0.15, 0.2) is 24.3 Å². The summed E-state index contributed by atoms with van der Waals surface area (Å²) >= 11 is 0. The molecule has 0 radical (unpaired) electrons. The Morgan fingerprint density at radius 2 is 1.58 bits per heavy atom. The quantitative estimate of drug-likeness (QED) is 0.658. The van der Waals surface area contributed by atoms with E-state index in [1.54, 1.807) is 12.1 Å². The molecule has 0 heterocycles. The molecule has 2 rings (SSSR count). The van der Waals surface area contributed by atoms with Crippen LogP contribution < -0.4 is 21.7 Å². The smallest absolute Gasteiger partial charge is 0.252 e. The SMILES string of the molecule is CN(c1ccc(C(=O)NC(C(N)=O)C(N)=O)cc1)C1CCCCC1. The van der Waals surface area contributed by atoms with Crippen LogP contribution in [0.5, 0.6) is 0 Å². The fourth-order valence-electron chi connectivity index (χ4n) is 3.02. The zero-order valence-corrected chi connectivity index (χ0v) is 13.8. The van der Waals surface area contributed by atoms with Gasteiger partial charge in [-0.15, -0.1) is 0 Å². The highest BCUT2D eigenvalue weighted by atomic mass is 16.2. The van der Waals surface area contributed by atoms with Crippen molar-refractivity contribution in [3.8, 4) is 0 Å². The molecule has 7 heteroatoms. The average Bonchev–Trinajstić information content (AvgIpc) is 2.59. The second kappa shape index (κ2) is 7.81. The molecule has 7 nitrogen and oxygen atoms in total. The van der Waals surface area contributed by atoms with E-state index in [1.165, 1.54) is 32.1 Å². The topological polar surface area (TPSA) is 119 Å². The Kier molecular flexibility index (Phi) is 5.78. The Balaban J connectivity index is 2.04. The zero-order chi connectivity index (χ0) is 17.7. The summed E-state index contributed by atoms with van der Waals surface area (Å²) in [5.41, 5.74) is 11.5. The van der Waals surface area contributed by atoms with Gasteiger partial charge < -0.3 is 21.7 Å². The van der Waals surface area contributed by atoms with E-state index in [9.17, 15) is 14.4 Å². The zero-order valence-electron chi connectivity index (χ0n) is 13.8. The van der Waals surface area contributed by atoms with Crippen molar-refractivity contribution in [2.75, 3.05) is 11.9 Å². The lowest BCUT2D eigenvalue weighted by molar-refractivity contribution is -0.128. The van der Waals surface area contributed by atoms with Crippen molar-refractivity contribution in [1.82, 2.24) is 5.32 Å². The molecule has 24 heavy (non-hydrogen) atoms. The molecular weight excluding hydrogens is 308 g/mol. The molecule has 0 bridgehead atoms. The molecule has 130 valence electrons. The van der Waals surface area contributed by atoms with E-state index in [4.69, 9.17) is 11.5 Å². The summed E-state index contributed by atoms with van der Waals surface area (Å²) in [6.45, 7) is 0. The number of nitrogens with one attached hydrogen (secondary N) is 1. The Labute approximate surface area is 141 Å². The second-order valence-electron chi connectivity index (χ2n) is 6.16. The van der Waals surface area contributed by atoms with Crippen molar-refractivity contribution in [1.29, 1.82) is 0 Å². The standard InChI is InChI=1S/C17H24N4O3/c1-21(12-5-3-2-4-6-12)13-9-7-11(8-10-13)17(24)20-14(15(18)22)16(19)23/h7-10,12,14H,2-6H2,1H3,(H2,18,22)(H2,19,23)(H,20,24). The summed E-state index contributed by atoms with van der Waals surface area (Å²) in [6, 6.07) is 6.03. The van der Waals surface area contributed by atoms with Gasteiger partial charge in [0.25, 0.3) is 5.91 Å². The molecule has 1 aromatic rings. The monoisotopic (exact) mass is 332 g/mol. The number of hydrogen-bond donors (Lipinski definition) is 3. The summed E-state index contributed by atoms with van der Waals surface area (Å²) in [6.07, 6.45) is 6.15. The summed E-state index contributed by atoms with van der Waals surface area (Å²) in [5.74, 6) is -2.53. The lowest BCUT2D eigenvalue weighted by Crippen LogP contribution is -2.52. The number of rotatable bonds is 6. The van der Waals surface area contributed by atoms with Crippen molar-refractivity contribution in [2.24, 2.45) is 11.5 Å². The van der Waals surface area contributed by atoms with Gasteiger partial charge in [-0.05, 0) is 37.1 Å². The molecule has 0 saturated heterocycles. The predicted octanol–water partition coefficient (Wildman–Crippen LogP) is 0.525. The van der Waals surface area contributed by atoms with Crippen LogP contribution in [0.2, 0.25) is 0 Å². The van der Waals surface area contributed by atoms with Gasteiger partial charge in [-0.25, -0.2) is 0 Å². The third-order valence-corrected chi connectivity index (χ3v) is 4.50. The van der Waals surface area contributed by atoms with E-state index in [1.807, 2.05) is 12.1 Å². The highest BCUT2D eigenvalue weighted by molar-refractivity contribution is 6.08. The van der Waals surface area contributed by atoms with Crippen LogP contribution in [-0.2, 0) is 9.59 Å². The number of nitrogens with zero attached hydrogens (tertiary/aromatic N) is 1. The van der Waals surface area contributed by atoms with Crippen LogP contribution in [0.3, 0.4) is 0 Å². The number of nitrogens with two attached hydrogens (primary N) is 2. The van der Waals surface area contributed by atoms with Crippen LogP contribution in [0.25, 0.3) is 0 Å². The van der Waals surface area contributed by atoms with Gasteiger partial charge in [0.1, 0.15) is 0 Å². The number of carbonyl (C=O) groups is 3. The van der Waals surface area contributed by atoms with E-state index in [2.05, 4.69) is 17.3 Å². The fraction of sp³-hybridized carbons (Fsp3) is 0.471. The van der Waals surface area contributed by atoms with Gasteiger partial charge in [-0.3, -0.25) is 14.4 Å². The minimum absolute atomic E-state index is 0.336. The number of carbonyl (C=O) groups excluding carboxylic acids is 3. The molecule has 0 aromatic heterocycles. The lowest BCUT2D eigenvalue weighted by atomic mass is 9.94. The van der Waals surface area contributed by atoms with Crippen LogP contribution in [-0.4, -0.2) is 36.9 Å². The summed E-state index contributed by atoms with van der Waals surface area (Å²) in [7, 11) is 2.06. The van der Waals surface area contributed by atoms with Crippen molar-refractivity contribution in [3.05, 3.63) is 29.8 Å². The van der Waals surface area contributed by atoms with E-state index in [-0.39, 0.29) is 0 Å². The molecule has 0 atom stereocenters. The number of amides is 3. The van der Waals surface area contributed by atoms with Crippen molar-refractivity contribution in [3.63, 3.8) is 0 Å². The summed E-state index contributed by atoms with van der Waals surface area (Å²) in [4.78, 5) is 36.6. The Bertz CT molecular complexity index is 595. The maximum Gasteiger partial charge on any atom is 0.252 e. The molecule has 0 unspecified atom stereocenters. The Hall–Kier alpha value is -2.57. The minimum Gasteiger partial charge on any atom is -0.372 e. The predicted molar refractivity (Wildman–Crippen MR) is 91.4 cm³/mol. The molecule has 0 spiro atoms. The van der Waals surface area contributed by atoms with Gasteiger partial charge in [0.15, 0.2) is 6.04 Å². The van der Waals surface area contributed by atoms with Crippen molar-refractivity contribution >= 4 is 23.4 Å². The first kappa shape index (κ1) is 17.8. The maximum absolute atomic E-state index is 12.1.